The van der Waals surface area contributed by atoms with E-state index in [9.17, 15) is 0 Å². The van der Waals surface area contributed by atoms with Gasteiger partial charge in [-0.25, -0.2) is 0 Å². The largest absolute Gasteiger partial charge is 0.494 e. The van der Waals surface area contributed by atoms with Gasteiger partial charge in [0.15, 0.2) is 0 Å². The fourth-order valence-corrected chi connectivity index (χ4v) is 1.50. The van der Waals surface area contributed by atoms with Gasteiger partial charge in [0.05, 0.1) is 6.61 Å². The van der Waals surface area contributed by atoms with Gasteiger partial charge in [0, 0.05) is 5.46 Å². The first kappa shape index (κ1) is 13.1. The Kier molecular flexibility index (Phi) is 5.36. The second kappa shape index (κ2) is 6.56. The van der Waals surface area contributed by atoms with E-state index in [1.807, 2.05) is 6.07 Å². The van der Waals surface area contributed by atoms with Crippen molar-refractivity contribution < 1.29 is 14.8 Å². The number of ether oxygens (including phenoxy) is 1. The minimum Gasteiger partial charge on any atom is -0.494 e. The van der Waals surface area contributed by atoms with Gasteiger partial charge in [0.1, 0.15) is 5.75 Å². The molecular weight excluding hydrogens is 203 g/mol. The molecule has 0 aliphatic carbocycles. The molecule has 0 aliphatic rings. The third kappa shape index (κ3) is 4.25. The maximum atomic E-state index is 9.12. The van der Waals surface area contributed by atoms with Crippen molar-refractivity contribution in [2.45, 2.75) is 26.7 Å². The summed E-state index contributed by atoms with van der Waals surface area (Å²) in [5.41, 5.74) is 0.423. The van der Waals surface area contributed by atoms with E-state index in [0.717, 1.165) is 12.8 Å². The van der Waals surface area contributed by atoms with Crippen LogP contribution in [0.3, 0.4) is 0 Å². The third-order valence-corrected chi connectivity index (χ3v) is 2.38. The van der Waals surface area contributed by atoms with Crippen LogP contribution in [0, 0.1) is 5.92 Å². The van der Waals surface area contributed by atoms with Crippen LogP contribution in [0.5, 0.6) is 5.75 Å². The molecule has 0 atom stereocenters. The summed E-state index contributed by atoms with van der Waals surface area (Å²) >= 11 is 0. The summed E-state index contributed by atoms with van der Waals surface area (Å²) in [6.07, 6.45) is 2.09. The van der Waals surface area contributed by atoms with Crippen LogP contribution in [-0.2, 0) is 0 Å². The topological polar surface area (TPSA) is 49.7 Å². The van der Waals surface area contributed by atoms with Crippen LogP contribution >= 0.6 is 0 Å². The summed E-state index contributed by atoms with van der Waals surface area (Å²) < 4.78 is 5.53. The molecule has 0 aliphatic heterocycles. The van der Waals surface area contributed by atoms with Crippen molar-refractivity contribution in [3.63, 3.8) is 0 Å². The standard InChI is InChI=1S/C12H19BO3/c1-10(2)6-5-9-16-12-8-4-3-7-11(12)13(14)15/h3-4,7-8,10,14-15H,5-6,9H2,1-2H3. The number of benzene rings is 1. The van der Waals surface area contributed by atoms with Crippen molar-refractivity contribution in [3.05, 3.63) is 24.3 Å². The molecule has 3 nitrogen and oxygen atoms in total. The third-order valence-electron chi connectivity index (χ3n) is 2.38. The summed E-state index contributed by atoms with van der Waals surface area (Å²) in [6.45, 7) is 4.96. The molecule has 1 aromatic rings. The van der Waals surface area contributed by atoms with Crippen molar-refractivity contribution in [3.8, 4) is 5.75 Å². The minimum absolute atomic E-state index is 0.423. The molecule has 0 spiro atoms. The molecule has 1 rings (SSSR count). The molecule has 1 aromatic carbocycles. The van der Waals surface area contributed by atoms with Crippen molar-refractivity contribution in [1.29, 1.82) is 0 Å². The quantitative estimate of drug-likeness (QED) is 0.561. The van der Waals surface area contributed by atoms with Crippen LogP contribution in [0.2, 0.25) is 0 Å². The highest BCUT2D eigenvalue weighted by Crippen LogP contribution is 2.09. The zero-order valence-electron chi connectivity index (χ0n) is 9.89. The van der Waals surface area contributed by atoms with Gasteiger partial charge in [-0.1, -0.05) is 32.0 Å². The lowest BCUT2D eigenvalue weighted by atomic mass is 9.79. The zero-order chi connectivity index (χ0) is 12.0. The molecule has 16 heavy (non-hydrogen) atoms. The lowest BCUT2D eigenvalue weighted by Crippen LogP contribution is -2.31. The molecule has 0 unspecified atom stereocenters. The smallest absolute Gasteiger partial charge is 0.492 e. The van der Waals surface area contributed by atoms with E-state index in [4.69, 9.17) is 14.8 Å². The van der Waals surface area contributed by atoms with Crippen LogP contribution < -0.4 is 10.2 Å². The molecule has 2 N–H and O–H groups in total. The fraction of sp³-hybridized carbons (Fsp3) is 0.500. The lowest BCUT2D eigenvalue weighted by molar-refractivity contribution is 0.298. The highest BCUT2D eigenvalue weighted by atomic mass is 16.5. The first-order valence-corrected chi connectivity index (χ1v) is 5.69. The Bertz CT molecular complexity index is 313. The highest BCUT2D eigenvalue weighted by molar-refractivity contribution is 6.59. The van der Waals surface area contributed by atoms with Crippen molar-refractivity contribution in [2.24, 2.45) is 5.92 Å². The van der Waals surface area contributed by atoms with Gasteiger partial charge in [-0.05, 0) is 24.8 Å². The van der Waals surface area contributed by atoms with Crippen LogP contribution in [0.15, 0.2) is 24.3 Å². The van der Waals surface area contributed by atoms with E-state index in [0.29, 0.717) is 23.7 Å². The van der Waals surface area contributed by atoms with Crippen LogP contribution in [0.25, 0.3) is 0 Å². The molecule has 0 amide bonds. The van der Waals surface area contributed by atoms with Gasteiger partial charge in [0.25, 0.3) is 0 Å². The second-order valence-corrected chi connectivity index (χ2v) is 4.30. The molecule has 0 saturated carbocycles. The highest BCUT2D eigenvalue weighted by Gasteiger charge is 2.15. The molecule has 88 valence electrons. The number of rotatable bonds is 6. The molecular formula is C12H19BO3. The maximum absolute atomic E-state index is 9.12. The van der Waals surface area contributed by atoms with Gasteiger partial charge in [-0.2, -0.15) is 0 Å². The molecule has 4 heteroatoms. The molecule has 0 saturated heterocycles. The molecule has 0 heterocycles. The molecule has 0 aromatic heterocycles. The molecule has 0 bridgehead atoms. The predicted molar refractivity (Wildman–Crippen MR) is 65.8 cm³/mol. The van der Waals surface area contributed by atoms with E-state index in [2.05, 4.69) is 13.8 Å². The SMILES string of the molecule is CC(C)CCCOc1ccccc1B(O)O. The monoisotopic (exact) mass is 222 g/mol. The summed E-state index contributed by atoms with van der Waals surface area (Å²) in [4.78, 5) is 0. The lowest BCUT2D eigenvalue weighted by Gasteiger charge is -2.11. The van der Waals surface area contributed by atoms with Gasteiger partial charge < -0.3 is 14.8 Å². The average molecular weight is 222 g/mol. The average Bonchev–Trinajstić information content (AvgIpc) is 2.24. The van der Waals surface area contributed by atoms with E-state index in [1.54, 1.807) is 18.2 Å². The predicted octanol–water partition coefficient (Wildman–Crippen LogP) is 1.18. The van der Waals surface area contributed by atoms with E-state index >= 15 is 0 Å². The fourth-order valence-electron chi connectivity index (χ4n) is 1.50. The first-order chi connectivity index (χ1) is 7.61. The van der Waals surface area contributed by atoms with Gasteiger partial charge in [-0.3, -0.25) is 0 Å². The first-order valence-electron chi connectivity index (χ1n) is 5.69. The summed E-state index contributed by atoms with van der Waals surface area (Å²) in [5.74, 6) is 1.23. The summed E-state index contributed by atoms with van der Waals surface area (Å²) in [7, 11) is -1.47. The van der Waals surface area contributed by atoms with E-state index < -0.39 is 7.12 Å². The number of para-hydroxylation sites is 1. The minimum atomic E-state index is -1.47. The Hall–Kier alpha value is -0.995. The Morgan fingerprint density at radius 2 is 1.94 bits per heavy atom. The van der Waals surface area contributed by atoms with Gasteiger partial charge >= 0.3 is 7.12 Å². The van der Waals surface area contributed by atoms with Crippen molar-refractivity contribution >= 4 is 12.6 Å². The second-order valence-electron chi connectivity index (χ2n) is 4.30. The van der Waals surface area contributed by atoms with Gasteiger partial charge in [-0.15, -0.1) is 0 Å². The normalized spacial score (nSPS) is 10.6. The summed E-state index contributed by atoms with van der Waals surface area (Å²) in [6, 6.07) is 6.99. The Labute approximate surface area is 97.2 Å². The summed E-state index contributed by atoms with van der Waals surface area (Å²) in [5, 5.41) is 18.2. The van der Waals surface area contributed by atoms with Crippen LogP contribution in [0.1, 0.15) is 26.7 Å². The molecule has 0 fully saturated rings. The van der Waals surface area contributed by atoms with E-state index in [1.165, 1.54) is 0 Å². The van der Waals surface area contributed by atoms with Crippen LogP contribution in [0.4, 0.5) is 0 Å². The Balaban J connectivity index is 2.47. The number of hydrogen-bond acceptors (Lipinski definition) is 3. The van der Waals surface area contributed by atoms with Crippen molar-refractivity contribution in [2.75, 3.05) is 6.61 Å². The zero-order valence-corrected chi connectivity index (χ0v) is 9.89. The van der Waals surface area contributed by atoms with Crippen molar-refractivity contribution in [1.82, 2.24) is 0 Å². The Morgan fingerprint density at radius 1 is 1.25 bits per heavy atom. The number of hydrogen-bond donors (Lipinski definition) is 2. The maximum Gasteiger partial charge on any atom is 0.492 e. The van der Waals surface area contributed by atoms with E-state index in [-0.39, 0.29) is 0 Å². The van der Waals surface area contributed by atoms with Crippen LogP contribution in [-0.4, -0.2) is 23.8 Å². The molecule has 0 radical (unpaired) electrons. The van der Waals surface area contributed by atoms with Gasteiger partial charge in [0.2, 0.25) is 0 Å². The Morgan fingerprint density at radius 3 is 2.56 bits per heavy atom.